The van der Waals surface area contributed by atoms with Gasteiger partial charge in [-0.05, 0) is 18.2 Å². The maximum absolute atomic E-state index is 11.0. The van der Waals surface area contributed by atoms with Crippen LogP contribution in [0.4, 0.5) is 5.82 Å². The number of aromatic carboxylic acids is 1. The van der Waals surface area contributed by atoms with Crippen LogP contribution in [0.5, 0.6) is 0 Å². The first-order valence-electron chi connectivity index (χ1n) is 6.05. The summed E-state index contributed by atoms with van der Waals surface area (Å²) in [5, 5.41) is 13.2. The Kier molecular flexibility index (Phi) is 3.41. The Morgan fingerprint density at radius 1 is 1.38 bits per heavy atom. The molecule has 0 fully saturated rings. The fraction of sp³-hybridized carbons (Fsp3) is 0.0769. The Bertz CT molecular complexity index is 817. The lowest BCUT2D eigenvalue weighted by Crippen LogP contribution is -2.04. The van der Waals surface area contributed by atoms with Gasteiger partial charge in [0.15, 0.2) is 0 Å². The van der Waals surface area contributed by atoms with Crippen molar-refractivity contribution in [2.45, 2.75) is 6.54 Å². The average Bonchev–Trinajstić information content (AvgIpc) is 2.91. The molecule has 0 aliphatic rings. The lowest BCUT2D eigenvalue weighted by atomic mass is 10.3. The topological polar surface area (TPSA) is 104 Å². The maximum Gasteiger partial charge on any atom is 0.352 e. The molecule has 0 unspecified atom stereocenters. The number of H-pyrrole nitrogens is 1. The van der Waals surface area contributed by atoms with E-state index in [9.17, 15) is 4.79 Å². The molecule has 7 nitrogen and oxygen atoms in total. The van der Waals surface area contributed by atoms with Crippen molar-refractivity contribution in [1.82, 2.24) is 19.9 Å². The highest BCUT2D eigenvalue weighted by Crippen LogP contribution is 2.21. The Morgan fingerprint density at radius 2 is 2.24 bits per heavy atom. The van der Waals surface area contributed by atoms with Crippen LogP contribution in [-0.4, -0.2) is 31.0 Å². The van der Waals surface area contributed by atoms with Crippen LogP contribution in [0.15, 0.2) is 30.7 Å². The first-order chi connectivity index (χ1) is 10.1. The van der Waals surface area contributed by atoms with Crippen LogP contribution in [0.1, 0.15) is 16.2 Å². The molecular formula is C13H10ClN5O2. The molecule has 0 saturated heterocycles. The number of carboxylic acids is 1. The molecule has 3 aromatic heterocycles. The highest BCUT2D eigenvalue weighted by atomic mass is 35.5. The fourth-order valence-electron chi connectivity index (χ4n) is 1.91. The molecule has 3 heterocycles. The van der Waals surface area contributed by atoms with Crippen molar-refractivity contribution < 1.29 is 9.90 Å². The number of carbonyl (C=O) groups is 1. The van der Waals surface area contributed by atoms with Gasteiger partial charge in [-0.15, -0.1) is 0 Å². The fourth-order valence-corrected chi connectivity index (χ4v) is 2.10. The summed E-state index contributed by atoms with van der Waals surface area (Å²) in [7, 11) is 0. The number of fused-ring (bicyclic) bond motifs is 1. The zero-order valence-corrected chi connectivity index (χ0v) is 11.4. The summed E-state index contributed by atoms with van der Waals surface area (Å²) in [6.07, 6.45) is 3.00. The van der Waals surface area contributed by atoms with Crippen LogP contribution >= 0.6 is 11.6 Å². The van der Waals surface area contributed by atoms with Gasteiger partial charge in [-0.2, -0.15) is 0 Å². The Morgan fingerprint density at radius 3 is 3.00 bits per heavy atom. The van der Waals surface area contributed by atoms with Gasteiger partial charge >= 0.3 is 5.97 Å². The molecule has 106 valence electrons. The molecule has 0 amide bonds. The third kappa shape index (κ3) is 2.63. The number of hydrogen-bond donors (Lipinski definition) is 3. The van der Waals surface area contributed by atoms with Crippen molar-refractivity contribution in [3.63, 3.8) is 0 Å². The van der Waals surface area contributed by atoms with Crippen LogP contribution in [0.3, 0.4) is 0 Å². The monoisotopic (exact) mass is 303 g/mol. The molecule has 0 aromatic carbocycles. The second kappa shape index (κ2) is 5.37. The van der Waals surface area contributed by atoms with E-state index < -0.39 is 5.97 Å². The summed E-state index contributed by atoms with van der Waals surface area (Å²) in [4.78, 5) is 26.0. The number of aromatic nitrogens is 4. The van der Waals surface area contributed by atoms with Crippen LogP contribution in [0, 0.1) is 0 Å². The second-order valence-electron chi connectivity index (χ2n) is 4.26. The summed E-state index contributed by atoms with van der Waals surface area (Å²) < 4.78 is 0. The Hall–Kier alpha value is -2.67. The maximum atomic E-state index is 11.0. The summed E-state index contributed by atoms with van der Waals surface area (Å²) >= 11 is 6.04. The molecule has 3 N–H and O–H groups in total. The molecule has 3 aromatic rings. The van der Waals surface area contributed by atoms with Gasteiger partial charge in [0.25, 0.3) is 0 Å². The predicted octanol–water partition coefficient (Wildman–Crippen LogP) is 2.32. The van der Waals surface area contributed by atoms with Crippen molar-refractivity contribution in [2.24, 2.45) is 0 Å². The largest absolute Gasteiger partial charge is 0.477 e. The number of pyridine rings is 1. The summed E-state index contributed by atoms with van der Waals surface area (Å²) in [5.74, 6) is -0.530. The van der Waals surface area contributed by atoms with Crippen molar-refractivity contribution in [3.05, 3.63) is 47.1 Å². The highest BCUT2D eigenvalue weighted by molar-refractivity contribution is 6.31. The lowest BCUT2D eigenvalue weighted by Gasteiger charge is -2.06. The molecule has 0 saturated carbocycles. The quantitative estimate of drug-likeness (QED) is 0.683. The normalized spacial score (nSPS) is 10.7. The van der Waals surface area contributed by atoms with Gasteiger partial charge < -0.3 is 15.4 Å². The van der Waals surface area contributed by atoms with Crippen LogP contribution in [-0.2, 0) is 6.54 Å². The minimum Gasteiger partial charge on any atom is -0.477 e. The number of anilines is 1. The predicted molar refractivity (Wildman–Crippen MR) is 77.4 cm³/mol. The van der Waals surface area contributed by atoms with Gasteiger partial charge in [-0.1, -0.05) is 11.6 Å². The number of nitrogens with one attached hydrogen (secondary N) is 2. The van der Waals surface area contributed by atoms with E-state index in [1.807, 2.05) is 0 Å². The van der Waals surface area contributed by atoms with E-state index in [1.54, 1.807) is 18.3 Å². The Balaban J connectivity index is 1.90. The molecule has 21 heavy (non-hydrogen) atoms. The van der Waals surface area contributed by atoms with Gasteiger partial charge in [0.1, 0.15) is 23.5 Å². The van der Waals surface area contributed by atoms with Crippen molar-refractivity contribution in [1.29, 1.82) is 0 Å². The van der Waals surface area contributed by atoms with E-state index in [0.717, 1.165) is 0 Å². The van der Waals surface area contributed by atoms with Gasteiger partial charge in [0.05, 0.1) is 22.6 Å². The zero-order valence-electron chi connectivity index (χ0n) is 10.7. The minimum absolute atomic E-state index is 0.0596. The lowest BCUT2D eigenvalue weighted by molar-refractivity contribution is 0.0691. The second-order valence-corrected chi connectivity index (χ2v) is 4.67. The number of nitrogens with zero attached hydrogens (tertiary/aromatic N) is 3. The van der Waals surface area contributed by atoms with Crippen molar-refractivity contribution in [2.75, 3.05) is 5.32 Å². The van der Waals surface area contributed by atoms with Crippen LogP contribution in [0.25, 0.3) is 11.0 Å². The van der Waals surface area contributed by atoms with Gasteiger partial charge in [0.2, 0.25) is 0 Å². The first kappa shape index (κ1) is 13.3. The Labute approximate surface area is 124 Å². The third-order valence-electron chi connectivity index (χ3n) is 2.91. The average molecular weight is 304 g/mol. The molecule has 0 spiro atoms. The van der Waals surface area contributed by atoms with E-state index in [4.69, 9.17) is 16.7 Å². The van der Waals surface area contributed by atoms with E-state index in [1.165, 1.54) is 12.4 Å². The number of aromatic amines is 1. The van der Waals surface area contributed by atoms with Crippen molar-refractivity contribution >= 4 is 34.4 Å². The number of rotatable bonds is 4. The molecule has 8 heteroatoms. The highest BCUT2D eigenvalue weighted by Gasteiger charge is 2.12. The number of hydrogen-bond acceptors (Lipinski definition) is 5. The molecule has 0 atom stereocenters. The molecule has 0 aliphatic heterocycles. The van der Waals surface area contributed by atoms with E-state index >= 15 is 0 Å². The summed E-state index contributed by atoms with van der Waals surface area (Å²) in [5.41, 5.74) is 1.20. The van der Waals surface area contributed by atoms with Crippen LogP contribution < -0.4 is 5.32 Å². The third-order valence-corrected chi connectivity index (χ3v) is 3.26. The molecule has 0 radical (unpaired) electrons. The molecule has 3 rings (SSSR count). The van der Waals surface area contributed by atoms with Gasteiger partial charge in [-0.3, -0.25) is 4.98 Å². The van der Waals surface area contributed by atoms with E-state index in [0.29, 0.717) is 34.1 Å². The zero-order chi connectivity index (χ0) is 14.8. The smallest absolute Gasteiger partial charge is 0.352 e. The standard InChI is InChI=1S/C13H10ClN5O2/c14-8-2-1-3-15-10(8)5-16-11-7-4-9(13(20)21)19-12(7)18-6-17-11/h1-4,6H,5H2,(H,20,21)(H2,16,17,18,19). The number of halogens is 1. The van der Waals surface area contributed by atoms with Gasteiger partial charge in [-0.25, -0.2) is 14.8 Å². The minimum atomic E-state index is -1.05. The van der Waals surface area contributed by atoms with E-state index in [-0.39, 0.29) is 5.69 Å². The van der Waals surface area contributed by atoms with Crippen molar-refractivity contribution in [3.8, 4) is 0 Å². The SMILES string of the molecule is O=C(O)c1cc2c(NCc3ncccc3Cl)ncnc2[nH]1. The molecular weight excluding hydrogens is 294 g/mol. The number of carboxylic acid groups (broad SMARTS) is 1. The summed E-state index contributed by atoms with van der Waals surface area (Å²) in [6.45, 7) is 0.374. The molecule has 0 aliphatic carbocycles. The van der Waals surface area contributed by atoms with Crippen LogP contribution in [0.2, 0.25) is 5.02 Å². The first-order valence-corrected chi connectivity index (χ1v) is 6.43. The van der Waals surface area contributed by atoms with Gasteiger partial charge in [0, 0.05) is 6.20 Å². The molecule has 0 bridgehead atoms. The summed E-state index contributed by atoms with van der Waals surface area (Å²) in [6, 6.07) is 4.99. The van der Waals surface area contributed by atoms with E-state index in [2.05, 4.69) is 25.3 Å².